The van der Waals surface area contributed by atoms with Crippen molar-refractivity contribution in [2.75, 3.05) is 11.9 Å². The molecule has 8 nitrogen and oxygen atoms in total. The first-order valence-corrected chi connectivity index (χ1v) is 9.46. The Morgan fingerprint density at radius 3 is 2.76 bits per heavy atom. The van der Waals surface area contributed by atoms with Gasteiger partial charge in [-0.2, -0.15) is 5.10 Å². The third-order valence-corrected chi connectivity index (χ3v) is 4.80. The normalized spacial score (nSPS) is 16.5. The SMILES string of the molecule is O=C(Nc1ccc2c(c1)c(C(=O)O)nn2C1CCCCO1)OCc1ccccc1. The van der Waals surface area contributed by atoms with E-state index in [1.54, 1.807) is 22.9 Å². The Morgan fingerprint density at radius 1 is 1.21 bits per heavy atom. The van der Waals surface area contributed by atoms with Gasteiger partial charge in [-0.25, -0.2) is 14.3 Å². The van der Waals surface area contributed by atoms with E-state index < -0.39 is 12.1 Å². The molecule has 0 spiro atoms. The minimum atomic E-state index is -1.13. The Balaban J connectivity index is 1.54. The molecule has 1 aliphatic heterocycles. The van der Waals surface area contributed by atoms with E-state index in [1.807, 2.05) is 30.3 Å². The average Bonchev–Trinajstić information content (AvgIpc) is 3.13. The molecule has 29 heavy (non-hydrogen) atoms. The van der Waals surface area contributed by atoms with Crippen molar-refractivity contribution in [3.8, 4) is 0 Å². The highest BCUT2D eigenvalue weighted by Gasteiger charge is 2.24. The number of nitrogens with zero attached hydrogens (tertiary/aromatic N) is 2. The highest BCUT2D eigenvalue weighted by atomic mass is 16.5. The molecule has 150 valence electrons. The van der Waals surface area contributed by atoms with E-state index in [4.69, 9.17) is 9.47 Å². The number of nitrogens with one attached hydrogen (secondary N) is 1. The monoisotopic (exact) mass is 395 g/mol. The van der Waals surface area contributed by atoms with Crippen LogP contribution < -0.4 is 5.32 Å². The lowest BCUT2D eigenvalue weighted by Crippen LogP contribution is -2.19. The van der Waals surface area contributed by atoms with Crippen molar-refractivity contribution in [3.05, 3.63) is 59.8 Å². The highest BCUT2D eigenvalue weighted by Crippen LogP contribution is 2.30. The molecule has 1 atom stereocenters. The first-order valence-electron chi connectivity index (χ1n) is 9.46. The molecule has 4 rings (SSSR count). The van der Waals surface area contributed by atoms with Crippen LogP contribution in [-0.2, 0) is 16.1 Å². The fourth-order valence-corrected chi connectivity index (χ4v) is 3.39. The zero-order valence-corrected chi connectivity index (χ0v) is 15.7. The molecule has 1 saturated heterocycles. The lowest BCUT2D eigenvalue weighted by atomic mass is 10.1. The van der Waals surface area contributed by atoms with E-state index in [-0.39, 0.29) is 18.5 Å². The van der Waals surface area contributed by atoms with Crippen molar-refractivity contribution < 1.29 is 24.2 Å². The van der Waals surface area contributed by atoms with E-state index in [1.165, 1.54) is 0 Å². The van der Waals surface area contributed by atoms with Gasteiger partial charge in [0.15, 0.2) is 11.9 Å². The van der Waals surface area contributed by atoms with Gasteiger partial charge < -0.3 is 14.6 Å². The third-order valence-electron chi connectivity index (χ3n) is 4.80. The van der Waals surface area contributed by atoms with E-state index in [2.05, 4.69) is 10.4 Å². The summed E-state index contributed by atoms with van der Waals surface area (Å²) in [6, 6.07) is 14.4. The predicted molar refractivity (Wildman–Crippen MR) is 106 cm³/mol. The quantitative estimate of drug-likeness (QED) is 0.672. The second-order valence-corrected chi connectivity index (χ2v) is 6.84. The number of aromatic carboxylic acids is 1. The van der Waals surface area contributed by atoms with Crippen LogP contribution in [0.25, 0.3) is 10.9 Å². The van der Waals surface area contributed by atoms with Crippen molar-refractivity contribution in [2.45, 2.75) is 32.1 Å². The van der Waals surface area contributed by atoms with Gasteiger partial charge in [-0.3, -0.25) is 5.32 Å². The maximum Gasteiger partial charge on any atom is 0.411 e. The van der Waals surface area contributed by atoms with Crippen LogP contribution in [0, 0.1) is 0 Å². The Hall–Kier alpha value is -3.39. The summed E-state index contributed by atoms with van der Waals surface area (Å²) in [4.78, 5) is 23.8. The maximum absolute atomic E-state index is 12.1. The predicted octanol–water partition coefficient (Wildman–Crippen LogP) is 4.18. The van der Waals surface area contributed by atoms with Crippen molar-refractivity contribution in [3.63, 3.8) is 0 Å². The number of carbonyl (C=O) groups excluding carboxylic acids is 1. The van der Waals surface area contributed by atoms with E-state index in [0.717, 1.165) is 24.8 Å². The number of ether oxygens (including phenoxy) is 2. The minimum Gasteiger partial charge on any atom is -0.476 e. The molecular formula is C21H21N3O5. The highest BCUT2D eigenvalue weighted by molar-refractivity contribution is 6.03. The minimum absolute atomic E-state index is 0.0736. The lowest BCUT2D eigenvalue weighted by molar-refractivity contribution is -0.0368. The Bertz CT molecular complexity index is 1030. The van der Waals surface area contributed by atoms with Crippen molar-refractivity contribution in [1.82, 2.24) is 9.78 Å². The number of benzene rings is 2. The average molecular weight is 395 g/mol. The summed E-state index contributed by atoms with van der Waals surface area (Å²) >= 11 is 0. The molecule has 8 heteroatoms. The van der Waals surface area contributed by atoms with Gasteiger partial charge >= 0.3 is 12.1 Å². The van der Waals surface area contributed by atoms with Crippen LogP contribution >= 0.6 is 0 Å². The summed E-state index contributed by atoms with van der Waals surface area (Å²) in [5.74, 6) is -1.13. The molecular weight excluding hydrogens is 374 g/mol. The molecule has 0 saturated carbocycles. The van der Waals surface area contributed by atoms with Crippen LogP contribution in [0.15, 0.2) is 48.5 Å². The zero-order valence-electron chi connectivity index (χ0n) is 15.7. The largest absolute Gasteiger partial charge is 0.476 e. The molecule has 1 fully saturated rings. The number of hydrogen-bond donors (Lipinski definition) is 2. The molecule has 1 aliphatic rings. The fraction of sp³-hybridized carbons (Fsp3) is 0.286. The second-order valence-electron chi connectivity index (χ2n) is 6.84. The number of amides is 1. The summed E-state index contributed by atoms with van der Waals surface area (Å²) in [7, 11) is 0. The van der Waals surface area contributed by atoms with Gasteiger partial charge in [-0.15, -0.1) is 0 Å². The molecule has 1 unspecified atom stereocenters. The van der Waals surface area contributed by atoms with Crippen LogP contribution in [0.5, 0.6) is 0 Å². The number of carbonyl (C=O) groups is 2. The van der Waals surface area contributed by atoms with Crippen LogP contribution in [-0.4, -0.2) is 33.6 Å². The summed E-state index contributed by atoms with van der Waals surface area (Å²) in [5.41, 5.74) is 1.88. The van der Waals surface area contributed by atoms with Gasteiger partial charge in [0, 0.05) is 17.7 Å². The van der Waals surface area contributed by atoms with Gasteiger partial charge in [0.25, 0.3) is 0 Å². The number of anilines is 1. The molecule has 2 N–H and O–H groups in total. The summed E-state index contributed by atoms with van der Waals surface area (Å²) in [6.07, 6.45) is 1.87. The molecule has 2 heterocycles. The smallest absolute Gasteiger partial charge is 0.411 e. The van der Waals surface area contributed by atoms with Crippen molar-refractivity contribution >= 4 is 28.7 Å². The Kier molecular flexibility index (Phi) is 5.44. The van der Waals surface area contributed by atoms with Crippen LogP contribution in [0.3, 0.4) is 0 Å². The van der Waals surface area contributed by atoms with E-state index in [0.29, 0.717) is 23.2 Å². The van der Waals surface area contributed by atoms with Gasteiger partial charge in [0.1, 0.15) is 6.61 Å². The number of fused-ring (bicyclic) bond motifs is 1. The van der Waals surface area contributed by atoms with Crippen molar-refractivity contribution in [1.29, 1.82) is 0 Å². The number of carboxylic acid groups (broad SMARTS) is 1. The van der Waals surface area contributed by atoms with Crippen LogP contribution in [0.1, 0.15) is 41.5 Å². The van der Waals surface area contributed by atoms with Gasteiger partial charge in [-0.1, -0.05) is 30.3 Å². The standard InChI is InChI=1S/C21H21N3O5/c25-20(26)19-16-12-15(22-21(27)29-13-14-6-2-1-3-7-14)9-10-17(16)24(23-19)18-8-4-5-11-28-18/h1-3,6-7,9-10,12,18H,4-5,8,11,13H2,(H,22,27)(H,25,26). The number of rotatable bonds is 5. The number of hydrogen-bond acceptors (Lipinski definition) is 5. The Labute approximate surface area is 167 Å². The number of aromatic nitrogens is 2. The first kappa shape index (κ1) is 18.9. The van der Waals surface area contributed by atoms with E-state index in [9.17, 15) is 14.7 Å². The molecule has 0 bridgehead atoms. The number of carboxylic acids is 1. The van der Waals surface area contributed by atoms with Gasteiger partial charge in [0.2, 0.25) is 0 Å². The topological polar surface area (TPSA) is 103 Å². The van der Waals surface area contributed by atoms with Crippen molar-refractivity contribution in [2.24, 2.45) is 0 Å². The third kappa shape index (κ3) is 4.22. The van der Waals surface area contributed by atoms with Crippen LogP contribution in [0.2, 0.25) is 0 Å². The zero-order chi connectivity index (χ0) is 20.2. The summed E-state index contributed by atoms with van der Waals surface area (Å²) < 4.78 is 12.6. The Morgan fingerprint density at radius 2 is 2.03 bits per heavy atom. The first-order chi connectivity index (χ1) is 14.1. The molecule has 0 aliphatic carbocycles. The van der Waals surface area contributed by atoms with Gasteiger partial charge in [0.05, 0.1) is 5.52 Å². The maximum atomic E-state index is 12.1. The molecule has 2 aromatic carbocycles. The molecule has 3 aromatic rings. The van der Waals surface area contributed by atoms with Crippen LogP contribution in [0.4, 0.5) is 10.5 Å². The van der Waals surface area contributed by atoms with Gasteiger partial charge in [-0.05, 0) is 43.0 Å². The molecule has 1 amide bonds. The molecule has 1 aromatic heterocycles. The molecule has 0 radical (unpaired) electrons. The summed E-state index contributed by atoms with van der Waals surface area (Å²) in [6.45, 7) is 0.771. The second kappa shape index (κ2) is 8.32. The fourth-order valence-electron chi connectivity index (χ4n) is 3.39. The van der Waals surface area contributed by atoms with E-state index >= 15 is 0 Å². The lowest BCUT2D eigenvalue weighted by Gasteiger charge is -2.23. The summed E-state index contributed by atoms with van der Waals surface area (Å²) in [5, 5.41) is 16.9.